The third-order valence-electron chi connectivity index (χ3n) is 5.35. The van der Waals surface area contributed by atoms with Crippen LogP contribution in [-0.2, 0) is 0 Å². The molecule has 1 aromatic heterocycles. The highest BCUT2D eigenvalue weighted by Gasteiger charge is 2.13. The second-order valence-electron chi connectivity index (χ2n) is 7.85. The first-order valence-electron chi connectivity index (χ1n) is 11.2. The van der Waals surface area contributed by atoms with Gasteiger partial charge in [0.2, 0.25) is 0 Å². The minimum atomic E-state index is -0.221. The number of hydrazone groups is 1. The maximum Gasteiger partial charge on any atom is 0.158 e. The van der Waals surface area contributed by atoms with E-state index in [4.69, 9.17) is 33.9 Å². The van der Waals surface area contributed by atoms with Crippen molar-refractivity contribution in [1.29, 1.82) is 0 Å². The number of hydrogen-bond donors (Lipinski definition) is 3. The minimum absolute atomic E-state index is 0.221. The third-order valence-corrected chi connectivity index (χ3v) is 5.68. The molecule has 0 saturated heterocycles. The molecule has 3 aromatic rings. The van der Waals surface area contributed by atoms with Gasteiger partial charge < -0.3 is 17.3 Å². The van der Waals surface area contributed by atoms with Crippen molar-refractivity contribution in [3.63, 3.8) is 0 Å². The summed E-state index contributed by atoms with van der Waals surface area (Å²) in [6, 6.07) is 18.8. The van der Waals surface area contributed by atoms with Gasteiger partial charge in [0.25, 0.3) is 0 Å². The van der Waals surface area contributed by atoms with E-state index >= 15 is 0 Å². The summed E-state index contributed by atoms with van der Waals surface area (Å²) in [6.07, 6.45) is 4.51. The zero-order chi connectivity index (χ0) is 24.5. The average Bonchev–Trinajstić information content (AvgIpc) is 2.87. The number of amidine groups is 3. The van der Waals surface area contributed by atoms with Gasteiger partial charge in [-0.3, -0.25) is 9.98 Å². The highest BCUT2D eigenvalue weighted by molar-refractivity contribution is 6.34. The summed E-state index contributed by atoms with van der Waals surface area (Å²) >= 11 is 6.45. The van der Waals surface area contributed by atoms with E-state index in [1.807, 2.05) is 67.6 Å². The molecular weight excluding hydrogens is 446 g/mol. The Morgan fingerprint density at radius 2 is 1.71 bits per heavy atom. The molecule has 2 aromatic carbocycles. The van der Waals surface area contributed by atoms with Gasteiger partial charge in [0, 0.05) is 29.3 Å². The summed E-state index contributed by atoms with van der Waals surface area (Å²) in [5.74, 6) is 6.68. The largest absolute Gasteiger partial charge is 0.387 e. The zero-order valence-corrected chi connectivity index (χ0v) is 20.2. The lowest BCUT2D eigenvalue weighted by atomic mass is 10.0. The second-order valence-corrected chi connectivity index (χ2v) is 8.26. The summed E-state index contributed by atoms with van der Waals surface area (Å²) in [6.45, 7) is 4.10. The van der Waals surface area contributed by atoms with E-state index < -0.39 is 0 Å². The van der Waals surface area contributed by atoms with Crippen LogP contribution in [-0.4, -0.2) is 22.5 Å². The van der Waals surface area contributed by atoms with E-state index in [0.717, 1.165) is 40.8 Å². The number of halogens is 1. The first-order chi connectivity index (χ1) is 16.4. The molecule has 34 heavy (non-hydrogen) atoms. The Balaban J connectivity index is 1.95. The summed E-state index contributed by atoms with van der Waals surface area (Å²) in [5.41, 5.74) is 16.1. The molecule has 7 nitrogen and oxygen atoms in total. The van der Waals surface area contributed by atoms with Gasteiger partial charge in [0.05, 0.1) is 16.8 Å². The van der Waals surface area contributed by atoms with Gasteiger partial charge in [-0.05, 0) is 37.1 Å². The predicted octanol–water partition coefficient (Wildman–Crippen LogP) is 5.04. The lowest BCUT2D eigenvalue weighted by Gasteiger charge is -2.12. The van der Waals surface area contributed by atoms with Gasteiger partial charge in [-0.2, -0.15) is 5.10 Å². The number of pyridine rings is 1. The van der Waals surface area contributed by atoms with Crippen molar-refractivity contribution in [2.75, 3.05) is 0 Å². The first-order valence-corrected chi connectivity index (χ1v) is 11.6. The van der Waals surface area contributed by atoms with Crippen LogP contribution in [0.15, 0.2) is 81.9 Å². The van der Waals surface area contributed by atoms with E-state index in [1.54, 1.807) is 6.20 Å². The molecule has 0 aliphatic rings. The predicted molar refractivity (Wildman–Crippen MR) is 142 cm³/mol. The van der Waals surface area contributed by atoms with Crippen LogP contribution in [0.3, 0.4) is 0 Å². The number of aliphatic imine (C=N–C) groups is 2. The van der Waals surface area contributed by atoms with E-state index in [9.17, 15) is 0 Å². The van der Waals surface area contributed by atoms with Gasteiger partial charge in [0.15, 0.2) is 11.7 Å². The fraction of sp³-hybridized carbons (Fsp3) is 0.231. The summed E-state index contributed by atoms with van der Waals surface area (Å²) in [5, 5.41) is 4.19. The molecule has 176 valence electrons. The molecule has 0 spiro atoms. The SMILES string of the molecule is CCCCC(N)=NC(=NC(C)c1ccc(-c2ccccc2/C(N)=N/N)nc1)c1ccccc1Cl. The number of benzene rings is 2. The molecule has 1 heterocycles. The van der Waals surface area contributed by atoms with Gasteiger partial charge in [-0.25, -0.2) is 4.99 Å². The van der Waals surface area contributed by atoms with E-state index in [1.165, 1.54) is 0 Å². The number of unbranched alkanes of at least 4 members (excludes halogenated alkanes) is 1. The summed E-state index contributed by atoms with van der Waals surface area (Å²) < 4.78 is 0. The molecular formula is C26H30ClN7. The Morgan fingerprint density at radius 1 is 1.00 bits per heavy atom. The number of rotatable bonds is 8. The monoisotopic (exact) mass is 475 g/mol. The Morgan fingerprint density at radius 3 is 2.35 bits per heavy atom. The van der Waals surface area contributed by atoms with Crippen molar-refractivity contribution in [3.05, 3.63) is 88.6 Å². The molecule has 0 aliphatic carbocycles. The van der Waals surface area contributed by atoms with Gasteiger partial charge >= 0.3 is 0 Å². The van der Waals surface area contributed by atoms with Crippen LogP contribution >= 0.6 is 11.6 Å². The van der Waals surface area contributed by atoms with Crippen molar-refractivity contribution in [1.82, 2.24) is 4.98 Å². The van der Waals surface area contributed by atoms with Crippen LogP contribution in [0, 0.1) is 0 Å². The van der Waals surface area contributed by atoms with Crippen molar-refractivity contribution >= 4 is 29.1 Å². The maximum atomic E-state index is 6.45. The molecule has 0 aliphatic heterocycles. The normalized spacial score (nSPS) is 13.7. The quantitative estimate of drug-likeness (QED) is 0.182. The topological polar surface area (TPSA) is 128 Å². The second kappa shape index (κ2) is 12.0. The Bertz CT molecular complexity index is 1200. The molecule has 0 amide bonds. The Hall–Kier alpha value is -3.71. The van der Waals surface area contributed by atoms with Crippen LogP contribution < -0.4 is 17.3 Å². The molecule has 0 bridgehead atoms. The Labute approximate surface area is 205 Å². The molecule has 8 heteroatoms. The smallest absolute Gasteiger partial charge is 0.158 e. The zero-order valence-electron chi connectivity index (χ0n) is 19.4. The molecule has 0 saturated carbocycles. The minimum Gasteiger partial charge on any atom is -0.387 e. The van der Waals surface area contributed by atoms with E-state index in [-0.39, 0.29) is 11.9 Å². The number of nitrogens with two attached hydrogens (primary N) is 3. The maximum absolute atomic E-state index is 6.45. The van der Waals surface area contributed by atoms with Crippen LogP contribution in [0.4, 0.5) is 0 Å². The number of nitrogens with zero attached hydrogens (tertiary/aromatic N) is 4. The Kier molecular flexibility index (Phi) is 8.76. The van der Waals surface area contributed by atoms with Gasteiger partial charge in [-0.15, -0.1) is 0 Å². The lowest BCUT2D eigenvalue weighted by Crippen LogP contribution is -2.16. The first kappa shape index (κ1) is 24.9. The number of aromatic nitrogens is 1. The highest BCUT2D eigenvalue weighted by Crippen LogP contribution is 2.25. The van der Waals surface area contributed by atoms with E-state index in [0.29, 0.717) is 23.1 Å². The van der Waals surface area contributed by atoms with Crippen molar-refractivity contribution in [3.8, 4) is 11.3 Å². The molecule has 1 atom stereocenters. The van der Waals surface area contributed by atoms with Crippen molar-refractivity contribution < 1.29 is 0 Å². The average molecular weight is 476 g/mol. The van der Waals surface area contributed by atoms with Crippen LogP contribution in [0.25, 0.3) is 11.3 Å². The molecule has 1 unspecified atom stereocenters. The van der Waals surface area contributed by atoms with Crippen LogP contribution in [0.1, 0.15) is 55.8 Å². The lowest BCUT2D eigenvalue weighted by molar-refractivity contribution is 0.810. The van der Waals surface area contributed by atoms with Crippen molar-refractivity contribution in [2.45, 2.75) is 39.2 Å². The van der Waals surface area contributed by atoms with Crippen LogP contribution in [0.5, 0.6) is 0 Å². The summed E-state index contributed by atoms with van der Waals surface area (Å²) in [4.78, 5) is 14.1. The fourth-order valence-electron chi connectivity index (χ4n) is 3.42. The van der Waals surface area contributed by atoms with Crippen LogP contribution in [0.2, 0.25) is 5.02 Å². The summed E-state index contributed by atoms with van der Waals surface area (Å²) in [7, 11) is 0. The van der Waals surface area contributed by atoms with Crippen molar-refractivity contribution in [2.24, 2.45) is 32.4 Å². The van der Waals surface area contributed by atoms with Gasteiger partial charge in [0.1, 0.15) is 5.84 Å². The van der Waals surface area contributed by atoms with Gasteiger partial charge in [-0.1, -0.05) is 67.4 Å². The third kappa shape index (κ3) is 6.20. The van der Waals surface area contributed by atoms with E-state index in [2.05, 4.69) is 22.0 Å². The standard InChI is InChI=1S/C26H30ClN7/c1-3-4-13-24(28)33-26(21-11-7-8-12-22(21)27)32-17(2)18-14-15-23(31-16-18)19-9-5-6-10-20(19)25(29)34-30/h5-12,14-17H,3-4,13,30H2,1-2H3,(H2,29,34)(H2,28,32,33). The molecule has 0 radical (unpaired) electrons. The fourth-order valence-corrected chi connectivity index (χ4v) is 3.64. The molecule has 3 rings (SSSR count). The number of hydrogen-bond acceptors (Lipinski definition) is 4. The molecule has 0 fully saturated rings. The molecule has 6 N–H and O–H groups in total. The highest BCUT2D eigenvalue weighted by atomic mass is 35.5.